The predicted molar refractivity (Wildman–Crippen MR) is 130 cm³/mol. The van der Waals surface area contributed by atoms with E-state index in [-0.39, 0.29) is 22.7 Å². The minimum absolute atomic E-state index is 0.0421. The second-order valence-electron chi connectivity index (χ2n) is 7.37. The van der Waals surface area contributed by atoms with Gasteiger partial charge in [0.25, 0.3) is 11.6 Å². The van der Waals surface area contributed by atoms with E-state index in [1.54, 1.807) is 48.5 Å². The molecule has 0 saturated carbocycles. The van der Waals surface area contributed by atoms with Gasteiger partial charge in [0.15, 0.2) is 5.65 Å². The molecule has 0 atom stereocenters. The van der Waals surface area contributed by atoms with Crippen LogP contribution in [0.4, 0.5) is 17.2 Å². The van der Waals surface area contributed by atoms with Crippen molar-refractivity contribution in [1.82, 2.24) is 14.6 Å². The molecule has 3 N–H and O–H groups in total. The Bertz CT molecular complexity index is 1590. The summed E-state index contributed by atoms with van der Waals surface area (Å²) in [5.74, 6) is -0.414. The van der Waals surface area contributed by atoms with Gasteiger partial charge in [-0.05, 0) is 24.3 Å². The van der Waals surface area contributed by atoms with Crippen LogP contribution in [0.1, 0.15) is 15.9 Å². The number of hydrogen-bond donors (Lipinski definition) is 2. The summed E-state index contributed by atoms with van der Waals surface area (Å²) in [6, 6.07) is 22.2. The highest BCUT2D eigenvalue weighted by atomic mass is 16.6. The van der Waals surface area contributed by atoms with Crippen molar-refractivity contribution >= 4 is 51.5 Å². The summed E-state index contributed by atoms with van der Waals surface area (Å²) in [5, 5.41) is 18.3. The Kier molecular flexibility index (Phi) is 5.15. The third-order valence-electron chi connectivity index (χ3n) is 5.14. The summed E-state index contributed by atoms with van der Waals surface area (Å²) < 4.78 is 1.31. The largest absolute Gasteiger partial charge is 0.383 e. The third kappa shape index (κ3) is 3.79. The molecule has 0 aliphatic heterocycles. The summed E-state index contributed by atoms with van der Waals surface area (Å²) >= 11 is 0. The Morgan fingerprint density at radius 2 is 1.71 bits per heavy atom. The molecule has 0 bridgehead atoms. The molecule has 10 heteroatoms. The number of nitro benzene ring substituents is 1. The Morgan fingerprint density at radius 1 is 1.00 bits per heavy atom. The number of para-hydroxylation sites is 3. The first-order valence-corrected chi connectivity index (χ1v) is 10.2. The third-order valence-corrected chi connectivity index (χ3v) is 5.14. The maximum absolute atomic E-state index is 13.2. The van der Waals surface area contributed by atoms with E-state index < -0.39 is 10.8 Å². The average Bonchev–Trinajstić information content (AvgIpc) is 3.12. The summed E-state index contributed by atoms with van der Waals surface area (Å²) in [4.78, 5) is 33.0. The number of rotatable bonds is 5. The van der Waals surface area contributed by atoms with Gasteiger partial charge in [0, 0.05) is 23.4 Å². The molecule has 3 aromatic carbocycles. The molecule has 5 rings (SSSR count). The zero-order valence-electron chi connectivity index (χ0n) is 17.6. The van der Waals surface area contributed by atoms with Crippen LogP contribution in [-0.2, 0) is 0 Å². The molecular weight excluding hydrogens is 434 g/mol. The lowest BCUT2D eigenvalue weighted by Gasteiger charge is -2.05. The van der Waals surface area contributed by atoms with E-state index in [1.807, 2.05) is 18.2 Å². The minimum atomic E-state index is -0.486. The fraction of sp³-hybridized carbons (Fsp3) is 0. The lowest BCUT2D eigenvalue weighted by Crippen LogP contribution is -2.14. The first-order valence-electron chi connectivity index (χ1n) is 10.2. The number of carbonyl (C=O) groups excluding carboxylic acids is 1. The quantitative estimate of drug-likeness (QED) is 0.233. The number of carbonyl (C=O) groups is 1. The maximum atomic E-state index is 13.2. The number of anilines is 2. The second kappa shape index (κ2) is 8.43. The second-order valence-corrected chi connectivity index (χ2v) is 7.37. The molecule has 5 aromatic rings. The van der Waals surface area contributed by atoms with Crippen LogP contribution in [0.3, 0.4) is 0 Å². The van der Waals surface area contributed by atoms with E-state index in [0.717, 1.165) is 0 Å². The number of aromatic nitrogens is 3. The lowest BCUT2D eigenvalue weighted by molar-refractivity contribution is -0.384. The molecule has 1 amide bonds. The summed E-state index contributed by atoms with van der Waals surface area (Å²) in [6.07, 6.45) is 1.42. The first-order chi connectivity index (χ1) is 16.5. The highest BCUT2D eigenvalue weighted by Crippen LogP contribution is 2.28. The fourth-order valence-electron chi connectivity index (χ4n) is 3.55. The van der Waals surface area contributed by atoms with Gasteiger partial charge in [-0.2, -0.15) is 9.78 Å². The average molecular weight is 451 g/mol. The number of fused-ring (bicyclic) bond motifs is 2. The monoisotopic (exact) mass is 451 g/mol. The van der Waals surface area contributed by atoms with Crippen molar-refractivity contribution in [3.05, 3.63) is 100 Å². The molecule has 0 aliphatic carbocycles. The van der Waals surface area contributed by atoms with E-state index in [0.29, 0.717) is 27.8 Å². The van der Waals surface area contributed by atoms with Gasteiger partial charge < -0.3 is 11.1 Å². The summed E-state index contributed by atoms with van der Waals surface area (Å²) in [6.45, 7) is 0. The number of nitrogens with zero attached hydrogens (tertiary/aromatic N) is 5. The molecular formula is C24H17N7O3. The predicted octanol–water partition coefficient (Wildman–Crippen LogP) is 4.21. The van der Waals surface area contributed by atoms with Gasteiger partial charge in [-0.3, -0.25) is 14.9 Å². The molecule has 0 radical (unpaired) electrons. The Hall–Kier alpha value is -5.12. The highest BCUT2D eigenvalue weighted by Gasteiger charge is 2.24. The number of hydrogen-bond acceptors (Lipinski definition) is 7. The normalized spacial score (nSPS) is 11.3. The van der Waals surface area contributed by atoms with Crippen molar-refractivity contribution in [3.8, 4) is 0 Å². The number of nitrogens with two attached hydrogens (primary N) is 1. The maximum Gasteiger partial charge on any atom is 0.270 e. The summed E-state index contributed by atoms with van der Waals surface area (Å²) in [7, 11) is 0. The van der Waals surface area contributed by atoms with Gasteiger partial charge in [0.2, 0.25) is 0 Å². The van der Waals surface area contributed by atoms with Gasteiger partial charge in [-0.15, -0.1) is 0 Å². The van der Waals surface area contributed by atoms with E-state index in [9.17, 15) is 14.9 Å². The molecule has 0 unspecified atom stereocenters. The molecule has 10 nitrogen and oxygen atoms in total. The molecule has 0 saturated heterocycles. The van der Waals surface area contributed by atoms with Crippen molar-refractivity contribution in [2.45, 2.75) is 0 Å². The lowest BCUT2D eigenvalue weighted by atomic mass is 10.2. The van der Waals surface area contributed by atoms with Crippen molar-refractivity contribution in [2.24, 2.45) is 5.10 Å². The number of nitrogen functional groups attached to an aromatic ring is 1. The van der Waals surface area contributed by atoms with Gasteiger partial charge in [-0.1, -0.05) is 42.5 Å². The molecule has 0 fully saturated rings. The molecule has 2 heterocycles. The van der Waals surface area contributed by atoms with Crippen molar-refractivity contribution in [3.63, 3.8) is 0 Å². The van der Waals surface area contributed by atoms with Crippen LogP contribution in [0.15, 0.2) is 84.0 Å². The van der Waals surface area contributed by atoms with Crippen LogP contribution in [0.25, 0.3) is 22.2 Å². The number of nitro groups is 1. The van der Waals surface area contributed by atoms with E-state index in [4.69, 9.17) is 5.73 Å². The first kappa shape index (κ1) is 20.8. The highest BCUT2D eigenvalue weighted by molar-refractivity contribution is 6.16. The van der Waals surface area contributed by atoms with E-state index in [2.05, 4.69) is 20.4 Å². The Labute approximate surface area is 192 Å². The zero-order chi connectivity index (χ0) is 23.7. The molecule has 2 aromatic heterocycles. The van der Waals surface area contributed by atoms with Crippen LogP contribution in [0, 0.1) is 10.1 Å². The van der Waals surface area contributed by atoms with E-state index >= 15 is 0 Å². The number of non-ortho nitro benzene ring substituents is 1. The van der Waals surface area contributed by atoms with Crippen molar-refractivity contribution in [1.29, 1.82) is 0 Å². The van der Waals surface area contributed by atoms with Crippen LogP contribution in [0.5, 0.6) is 0 Å². The van der Waals surface area contributed by atoms with Gasteiger partial charge >= 0.3 is 0 Å². The van der Waals surface area contributed by atoms with Crippen LogP contribution >= 0.6 is 0 Å². The van der Waals surface area contributed by atoms with Crippen LogP contribution < -0.4 is 11.1 Å². The fourth-order valence-corrected chi connectivity index (χ4v) is 3.55. The summed E-state index contributed by atoms with van der Waals surface area (Å²) in [5.41, 5.74) is 9.31. The topological polar surface area (TPSA) is 141 Å². The standard InChI is InChI=1S/C24H17N7O3/c25-22-20(24(32)27-16-8-2-1-3-9-16)21-23(29-19-12-5-4-11-18(19)28-21)30(22)26-14-15-7-6-10-17(13-15)31(33)34/h1-14H,25H2,(H,27,32). The zero-order valence-corrected chi connectivity index (χ0v) is 17.6. The number of nitrogens with one attached hydrogen (secondary N) is 1. The molecule has 0 aliphatic rings. The number of amides is 1. The van der Waals surface area contributed by atoms with Gasteiger partial charge in [0.1, 0.15) is 16.9 Å². The van der Waals surface area contributed by atoms with Gasteiger partial charge in [0.05, 0.1) is 22.2 Å². The van der Waals surface area contributed by atoms with Crippen molar-refractivity contribution in [2.75, 3.05) is 11.1 Å². The molecule has 166 valence electrons. The minimum Gasteiger partial charge on any atom is -0.383 e. The SMILES string of the molecule is Nc1c(C(=O)Nc2ccccc2)c2nc3ccccc3nc2n1N=Cc1cccc([N+](=O)[O-])c1. The van der Waals surface area contributed by atoms with E-state index in [1.165, 1.54) is 23.0 Å². The number of benzene rings is 3. The van der Waals surface area contributed by atoms with Crippen LogP contribution in [-0.4, -0.2) is 31.7 Å². The van der Waals surface area contributed by atoms with Crippen LogP contribution in [0.2, 0.25) is 0 Å². The van der Waals surface area contributed by atoms with Crippen molar-refractivity contribution < 1.29 is 9.72 Å². The molecule has 34 heavy (non-hydrogen) atoms. The van der Waals surface area contributed by atoms with Gasteiger partial charge in [-0.25, -0.2) is 9.97 Å². The molecule has 0 spiro atoms. The Morgan fingerprint density at radius 3 is 2.44 bits per heavy atom. The smallest absolute Gasteiger partial charge is 0.270 e. The Balaban J connectivity index is 1.66.